The molecule has 0 amide bonds. The molecule has 0 spiro atoms. The van der Waals surface area contributed by atoms with Gasteiger partial charge in [-0.15, -0.1) is 0 Å². The van der Waals surface area contributed by atoms with E-state index in [-0.39, 0.29) is 17.1 Å². The predicted molar refractivity (Wildman–Crippen MR) is 360 cm³/mol. The van der Waals surface area contributed by atoms with E-state index < -0.39 is 23.4 Å². The van der Waals surface area contributed by atoms with Gasteiger partial charge in [-0.05, 0) is 220 Å². The van der Waals surface area contributed by atoms with Gasteiger partial charge in [0.2, 0.25) is 0 Å². The van der Waals surface area contributed by atoms with E-state index in [9.17, 15) is 75.5 Å². The topological polar surface area (TPSA) is 232 Å². The Morgan fingerprint density at radius 1 is 0.179 bits per heavy atom. The van der Waals surface area contributed by atoms with Crippen molar-refractivity contribution >= 4 is 23.4 Å². The van der Waals surface area contributed by atoms with Gasteiger partial charge in [-0.25, -0.2) is 59.8 Å². The van der Waals surface area contributed by atoms with E-state index in [1.807, 2.05) is 110 Å². The van der Waals surface area contributed by atoms with Crippen LogP contribution in [0.5, 0.6) is 0 Å². The van der Waals surface area contributed by atoms with Crippen LogP contribution in [0.3, 0.4) is 0 Å². The summed E-state index contributed by atoms with van der Waals surface area (Å²) < 4.78 is 178. The number of hydrogen-bond donors (Lipinski definition) is 0. The minimum atomic E-state index is -10.7. The Hall–Kier alpha value is -10.1. The van der Waals surface area contributed by atoms with E-state index >= 15 is 0 Å². The quantitative estimate of drug-likeness (QED) is 0.0369. The van der Waals surface area contributed by atoms with Gasteiger partial charge in [-0.3, -0.25) is 29.9 Å². The Kier molecular flexibility index (Phi) is 27.9. The molecule has 12 aromatic rings. The molecule has 563 valence electrons. The van der Waals surface area contributed by atoms with Gasteiger partial charge in [0.05, 0.1) is 34.2 Å². The average molecular weight is 1600 g/mol. The van der Waals surface area contributed by atoms with Crippen molar-refractivity contribution in [1.82, 2.24) is 89.7 Å². The van der Waals surface area contributed by atoms with Crippen LogP contribution in [0.2, 0.25) is 0 Å². The molecule has 0 atom stereocenters. The molecule has 40 heteroatoms. The molecule has 106 heavy (non-hydrogen) atoms. The molecule has 12 aromatic heterocycles. The normalized spacial score (nSPS) is 13.1. The van der Waals surface area contributed by atoms with Gasteiger partial charge in [0.1, 0.15) is 38.0 Å². The van der Waals surface area contributed by atoms with E-state index in [0.717, 1.165) is 145 Å². The Bertz CT molecular complexity index is 3920. The molecular weight excluding hydrogens is 1540 g/mol. The second-order valence-electron chi connectivity index (χ2n) is 22.4. The summed E-state index contributed by atoms with van der Waals surface area (Å²) in [6, 6.07) is 36.6. The van der Waals surface area contributed by atoms with E-state index in [0.29, 0.717) is 0 Å². The van der Waals surface area contributed by atoms with Crippen LogP contribution < -0.4 is 0 Å². The summed E-state index contributed by atoms with van der Waals surface area (Å²) in [5.41, 5.74) is 18.9. The van der Waals surface area contributed by atoms with Crippen molar-refractivity contribution in [3.63, 3.8) is 0 Å². The van der Waals surface area contributed by atoms with Crippen molar-refractivity contribution in [3.8, 4) is 34.2 Å². The van der Waals surface area contributed by atoms with E-state index in [1.54, 1.807) is 75.1 Å². The fraction of sp³-hybridized carbons (Fsp3) is 0.182. The van der Waals surface area contributed by atoms with E-state index in [1.165, 1.54) is 33.4 Å². The third kappa shape index (κ3) is 41.4. The third-order valence-electron chi connectivity index (χ3n) is 13.6. The summed E-state index contributed by atoms with van der Waals surface area (Å²) in [6.45, 7) is 0. The molecule has 0 aliphatic rings. The van der Waals surface area contributed by atoms with Crippen molar-refractivity contribution in [2.24, 2.45) is 0 Å². The van der Waals surface area contributed by atoms with Crippen LogP contribution >= 0.6 is 23.4 Å². The van der Waals surface area contributed by atoms with Crippen molar-refractivity contribution < 1.29 is 92.6 Å². The largest absolute Gasteiger partial charge is 3.00 e. The average Bonchev–Trinajstić information content (AvgIpc) is 0.798. The van der Waals surface area contributed by atoms with Gasteiger partial charge in [0.25, 0.3) is 0 Å². The molecule has 0 saturated heterocycles. The molecule has 18 nitrogen and oxygen atoms in total. The van der Waals surface area contributed by atoms with Crippen LogP contribution in [0.25, 0.3) is 34.2 Å². The van der Waals surface area contributed by atoms with Gasteiger partial charge >= 0.3 is 116 Å². The number of hydrogen-bond acceptors (Lipinski definition) is 18. The standard InChI is InChI=1S/3C22H20N6.3F6P.Fe/c3*1(3-19-7-9-23-15-27-19)17-5-11-25-21(13-17)22-14-18(6-12-26-22)2-4-20-8-10-24-16-28-20;3*1-7(2,3,4,5)6;/h3*5-16H,1-4H2;;;;/q;;;3*-1;+3. The number of nitrogens with zero attached hydrogens (tertiary/aromatic N) is 18. The van der Waals surface area contributed by atoms with Crippen molar-refractivity contribution in [2.45, 2.75) is 77.0 Å². The Balaban J connectivity index is 0.000000218. The number of halogens is 18. The summed E-state index contributed by atoms with van der Waals surface area (Å²) >= 11 is 0. The van der Waals surface area contributed by atoms with Gasteiger partial charge in [0.15, 0.2) is 0 Å². The minimum absolute atomic E-state index is 0. The fourth-order valence-corrected chi connectivity index (χ4v) is 9.05. The molecule has 0 aliphatic carbocycles. The van der Waals surface area contributed by atoms with Gasteiger partial charge in [-0.1, -0.05) is 0 Å². The molecule has 0 aliphatic heterocycles. The molecule has 0 aromatic carbocycles. The first-order valence-electron chi connectivity index (χ1n) is 30.8. The number of rotatable bonds is 21. The molecular formula is C66H60F18FeN18P3. The smallest absolute Gasteiger partial charge is 0.255 e. The van der Waals surface area contributed by atoms with Crippen LogP contribution in [0.15, 0.2) is 222 Å². The monoisotopic (exact) mass is 1600 g/mol. The van der Waals surface area contributed by atoms with Crippen LogP contribution in [-0.4, -0.2) is 89.7 Å². The summed E-state index contributed by atoms with van der Waals surface area (Å²) in [4.78, 5) is 76.6. The molecule has 12 rings (SSSR count). The molecule has 0 bridgehead atoms. The van der Waals surface area contributed by atoms with Crippen molar-refractivity contribution in [3.05, 3.63) is 289 Å². The third-order valence-corrected chi connectivity index (χ3v) is 13.6. The predicted octanol–water partition coefficient (Wildman–Crippen LogP) is 20.0. The SMILES string of the molecule is F[P-](F)(F)(F)(F)F.F[P-](F)(F)(F)(F)F.F[P-](F)(F)(F)(F)F.[Fe+3].c1cc(CCc2ccnc(-c3cc(CCc4ccncn4)ccn3)c2)ncn1.c1cc(CCc2ccnc(-c3cc(CCc4ccncn4)ccn3)c2)ncn1.c1cc(CCc2ccnc(-c3cc(CCc4ccncn4)ccn3)c2)ncn1. The molecule has 0 unspecified atom stereocenters. The maximum Gasteiger partial charge on any atom is 3.00 e. The maximum atomic E-state index is 9.87. The van der Waals surface area contributed by atoms with Gasteiger partial charge in [-0.2, -0.15) is 0 Å². The zero-order chi connectivity index (χ0) is 76.3. The van der Waals surface area contributed by atoms with Crippen molar-refractivity contribution in [1.29, 1.82) is 0 Å². The number of aryl methyl sites for hydroxylation is 12. The Morgan fingerprint density at radius 2 is 0.311 bits per heavy atom. The van der Waals surface area contributed by atoms with Crippen LogP contribution in [0.1, 0.15) is 67.5 Å². The Labute approximate surface area is 603 Å². The maximum absolute atomic E-state index is 10.7. The van der Waals surface area contributed by atoms with E-state index in [2.05, 4.69) is 126 Å². The van der Waals surface area contributed by atoms with Gasteiger partial charge in [0, 0.05) is 109 Å². The first-order chi connectivity index (χ1) is 48.9. The molecule has 12 heterocycles. The summed E-state index contributed by atoms with van der Waals surface area (Å²) in [7, 11) is -32.0. The molecule has 1 radical (unpaired) electrons. The van der Waals surface area contributed by atoms with Crippen LogP contribution in [0.4, 0.5) is 75.5 Å². The minimum Gasteiger partial charge on any atom is -0.255 e. The van der Waals surface area contributed by atoms with Crippen LogP contribution in [0, 0.1) is 0 Å². The van der Waals surface area contributed by atoms with Crippen LogP contribution in [-0.2, 0) is 94.1 Å². The zero-order valence-electron chi connectivity index (χ0n) is 54.8. The molecule has 0 saturated carbocycles. The summed E-state index contributed by atoms with van der Waals surface area (Å²) in [5.74, 6) is 0. The Morgan fingerprint density at radius 3 is 0.425 bits per heavy atom. The zero-order valence-corrected chi connectivity index (χ0v) is 58.6. The number of pyridine rings is 6. The fourth-order valence-electron chi connectivity index (χ4n) is 9.05. The molecule has 0 fully saturated rings. The number of aromatic nitrogens is 18. The van der Waals surface area contributed by atoms with Crippen molar-refractivity contribution in [2.75, 3.05) is 0 Å². The first-order valence-corrected chi connectivity index (χ1v) is 36.9. The summed E-state index contributed by atoms with van der Waals surface area (Å²) in [5, 5.41) is 0. The second kappa shape index (κ2) is 34.9. The second-order valence-corrected chi connectivity index (χ2v) is 28.1. The summed E-state index contributed by atoms with van der Waals surface area (Å²) in [6.07, 6.45) is 41.9. The molecule has 0 N–H and O–H groups in total. The van der Waals surface area contributed by atoms with Gasteiger partial charge < -0.3 is 0 Å². The van der Waals surface area contributed by atoms with E-state index in [4.69, 9.17) is 0 Å². The first kappa shape index (κ1) is 84.9.